The van der Waals surface area contributed by atoms with Crippen LogP contribution in [0.1, 0.15) is 46.0 Å². The number of amides is 1. The zero-order valence-corrected chi connectivity index (χ0v) is 10.7. The summed E-state index contributed by atoms with van der Waals surface area (Å²) in [7, 11) is 0. The predicted molar refractivity (Wildman–Crippen MR) is 65.3 cm³/mol. The van der Waals surface area contributed by atoms with Crippen molar-refractivity contribution in [2.24, 2.45) is 0 Å². The fraction of sp³-hybridized carbons (Fsp3) is 0.923. The fourth-order valence-electron chi connectivity index (χ4n) is 3.39. The van der Waals surface area contributed by atoms with Gasteiger partial charge in [0.15, 0.2) is 0 Å². The second-order valence-corrected chi connectivity index (χ2v) is 5.29. The van der Waals surface area contributed by atoms with Crippen molar-refractivity contribution >= 4 is 5.91 Å². The van der Waals surface area contributed by atoms with Gasteiger partial charge >= 0.3 is 0 Å². The van der Waals surface area contributed by atoms with Crippen LogP contribution in [0.25, 0.3) is 0 Å². The first-order valence-electron chi connectivity index (χ1n) is 6.68. The number of hydrogen-bond acceptors (Lipinski definition) is 2. The number of rotatable bonds is 1. The van der Waals surface area contributed by atoms with Crippen LogP contribution < -0.4 is 0 Å². The van der Waals surface area contributed by atoms with Gasteiger partial charge in [-0.25, -0.2) is 0 Å². The van der Waals surface area contributed by atoms with Crippen molar-refractivity contribution in [2.45, 2.75) is 51.5 Å². The smallest absolute Gasteiger partial charge is 0.219 e. The van der Waals surface area contributed by atoms with Gasteiger partial charge in [-0.2, -0.15) is 0 Å². The Bertz CT molecular complexity index is 257. The van der Waals surface area contributed by atoms with E-state index in [9.17, 15) is 4.79 Å². The van der Waals surface area contributed by atoms with Crippen molar-refractivity contribution in [1.29, 1.82) is 0 Å². The van der Waals surface area contributed by atoms with Gasteiger partial charge in [0.2, 0.25) is 5.91 Å². The number of hydrogen-bond donors (Lipinski definition) is 0. The molecular formula is C13H24N2O. The van der Waals surface area contributed by atoms with Crippen LogP contribution in [0.15, 0.2) is 0 Å². The molecule has 0 saturated carbocycles. The molecule has 16 heavy (non-hydrogen) atoms. The van der Waals surface area contributed by atoms with Crippen LogP contribution in [-0.2, 0) is 4.79 Å². The van der Waals surface area contributed by atoms with Crippen LogP contribution in [-0.4, -0.2) is 47.4 Å². The van der Waals surface area contributed by atoms with Gasteiger partial charge in [-0.15, -0.1) is 0 Å². The molecule has 2 aliphatic heterocycles. The van der Waals surface area contributed by atoms with E-state index in [2.05, 4.69) is 16.7 Å². The van der Waals surface area contributed by atoms with Crippen molar-refractivity contribution in [1.82, 2.24) is 9.80 Å². The Hall–Kier alpha value is -0.570. The van der Waals surface area contributed by atoms with E-state index in [1.807, 2.05) is 0 Å². The number of carbonyl (C=O) groups is 1. The number of carbonyl (C=O) groups excluding carboxylic acids is 1. The largest absolute Gasteiger partial charge is 0.337 e. The maximum absolute atomic E-state index is 11.7. The lowest BCUT2D eigenvalue weighted by molar-refractivity contribution is -0.140. The van der Waals surface area contributed by atoms with Gasteiger partial charge < -0.3 is 9.80 Å². The molecule has 0 bridgehead atoms. The van der Waals surface area contributed by atoms with Crippen molar-refractivity contribution < 1.29 is 4.79 Å². The highest BCUT2D eigenvalue weighted by atomic mass is 16.2. The zero-order valence-electron chi connectivity index (χ0n) is 10.7. The van der Waals surface area contributed by atoms with E-state index in [1.165, 1.54) is 45.2 Å². The van der Waals surface area contributed by atoms with Crippen molar-refractivity contribution in [3.05, 3.63) is 0 Å². The molecule has 92 valence electrons. The number of nitrogens with zero attached hydrogens (tertiary/aromatic N) is 2. The normalized spacial score (nSPS) is 26.0. The minimum absolute atomic E-state index is 0.218. The van der Waals surface area contributed by atoms with Crippen LogP contribution in [0.2, 0.25) is 0 Å². The molecule has 1 amide bonds. The van der Waals surface area contributed by atoms with Crippen LogP contribution >= 0.6 is 0 Å². The van der Waals surface area contributed by atoms with Crippen LogP contribution in [0, 0.1) is 0 Å². The molecule has 3 nitrogen and oxygen atoms in total. The van der Waals surface area contributed by atoms with Crippen LogP contribution in [0.4, 0.5) is 0 Å². The lowest BCUT2D eigenvalue weighted by Gasteiger charge is -2.51. The molecule has 1 spiro atoms. The molecule has 3 heteroatoms. The molecule has 0 aromatic rings. The van der Waals surface area contributed by atoms with E-state index in [-0.39, 0.29) is 11.4 Å². The first kappa shape index (κ1) is 11.9. The minimum Gasteiger partial charge on any atom is -0.337 e. The Labute approximate surface area is 98.8 Å². The highest BCUT2D eigenvalue weighted by Crippen LogP contribution is 2.37. The summed E-state index contributed by atoms with van der Waals surface area (Å²) in [5, 5.41) is 0. The quantitative estimate of drug-likeness (QED) is 0.679. The molecule has 0 aliphatic carbocycles. The van der Waals surface area contributed by atoms with E-state index in [0.717, 1.165) is 13.1 Å². The van der Waals surface area contributed by atoms with Crippen molar-refractivity contribution in [3.63, 3.8) is 0 Å². The van der Waals surface area contributed by atoms with Gasteiger partial charge in [-0.05, 0) is 38.6 Å². The topological polar surface area (TPSA) is 23.6 Å². The lowest BCUT2D eigenvalue weighted by Crippen LogP contribution is -2.58. The maximum atomic E-state index is 11.7. The van der Waals surface area contributed by atoms with Crippen LogP contribution in [0.5, 0.6) is 0 Å². The Morgan fingerprint density at radius 3 is 2.38 bits per heavy atom. The van der Waals surface area contributed by atoms with Crippen LogP contribution in [0.3, 0.4) is 0 Å². The lowest BCUT2D eigenvalue weighted by atomic mass is 9.78. The van der Waals surface area contributed by atoms with Crippen molar-refractivity contribution in [3.8, 4) is 0 Å². The second kappa shape index (κ2) is 4.74. The molecule has 2 fully saturated rings. The van der Waals surface area contributed by atoms with Crippen molar-refractivity contribution in [2.75, 3.05) is 26.2 Å². The predicted octanol–water partition coefficient (Wildman–Crippen LogP) is 1.87. The number of piperidine rings is 2. The van der Waals surface area contributed by atoms with Gasteiger partial charge in [0.1, 0.15) is 0 Å². The highest BCUT2D eigenvalue weighted by molar-refractivity contribution is 5.74. The SMILES string of the molecule is CCN1CCC2(CCCCN2C(C)=O)CC1. The van der Waals surface area contributed by atoms with E-state index in [0.29, 0.717) is 0 Å². The fourth-order valence-corrected chi connectivity index (χ4v) is 3.39. The molecule has 2 heterocycles. The Morgan fingerprint density at radius 1 is 1.12 bits per heavy atom. The second-order valence-electron chi connectivity index (χ2n) is 5.29. The molecule has 0 atom stereocenters. The summed E-state index contributed by atoms with van der Waals surface area (Å²) in [5.74, 6) is 0.282. The average molecular weight is 224 g/mol. The van der Waals surface area contributed by atoms with Gasteiger partial charge in [0, 0.05) is 32.1 Å². The van der Waals surface area contributed by atoms with Gasteiger partial charge in [-0.1, -0.05) is 6.92 Å². The Morgan fingerprint density at radius 2 is 1.81 bits per heavy atom. The zero-order chi connectivity index (χ0) is 11.6. The summed E-state index contributed by atoms with van der Waals surface area (Å²) >= 11 is 0. The summed E-state index contributed by atoms with van der Waals surface area (Å²) in [4.78, 5) is 16.4. The van der Waals surface area contributed by atoms with Gasteiger partial charge in [0.25, 0.3) is 0 Å². The first-order valence-corrected chi connectivity index (χ1v) is 6.68. The molecular weight excluding hydrogens is 200 g/mol. The Kier molecular flexibility index (Phi) is 3.53. The third-order valence-corrected chi connectivity index (χ3v) is 4.46. The molecule has 2 aliphatic rings. The van der Waals surface area contributed by atoms with Gasteiger partial charge in [-0.3, -0.25) is 4.79 Å². The molecule has 0 aromatic carbocycles. The minimum atomic E-state index is 0.218. The molecule has 0 N–H and O–H groups in total. The van der Waals surface area contributed by atoms with E-state index in [1.54, 1.807) is 6.92 Å². The summed E-state index contributed by atoms with van der Waals surface area (Å²) in [6.45, 7) is 8.43. The summed E-state index contributed by atoms with van der Waals surface area (Å²) in [6, 6.07) is 0. The summed E-state index contributed by atoms with van der Waals surface area (Å²) in [6.07, 6.45) is 6.08. The standard InChI is InChI=1S/C13H24N2O/c1-3-14-10-7-13(8-11-14)6-4-5-9-15(13)12(2)16/h3-11H2,1-2H3. The molecule has 2 saturated heterocycles. The monoisotopic (exact) mass is 224 g/mol. The van der Waals surface area contributed by atoms with Gasteiger partial charge in [0.05, 0.1) is 0 Å². The molecule has 0 aromatic heterocycles. The third-order valence-electron chi connectivity index (χ3n) is 4.46. The van der Waals surface area contributed by atoms with E-state index < -0.39 is 0 Å². The average Bonchev–Trinajstić information content (AvgIpc) is 2.30. The van der Waals surface area contributed by atoms with E-state index in [4.69, 9.17) is 0 Å². The molecule has 0 unspecified atom stereocenters. The maximum Gasteiger partial charge on any atom is 0.219 e. The first-order chi connectivity index (χ1) is 7.68. The third kappa shape index (κ3) is 2.10. The Balaban J connectivity index is 2.07. The summed E-state index contributed by atoms with van der Waals surface area (Å²) in [5.41, 5.74) is 0.218. The molecule has 0 radical (unpaired) electrons. The number of likely N-dealkylation sites (tertiary alicyclic amines) is 2. The molecule has 2 rings (SSSR count). The van der Waals surface area contributed by atoms with E-state index >= 15 is 0 Å². The highest BCUT2D eigenvalue weighted by Gasteiger charge is 2.42. The summed E-state index contributed by atoms with van der Waals surface area (Å²) < 4.78 is 0.